The van der Waals surface area contributed by atoms with Crippen molar-refractivity contribution in [3.05, 3.63) is 64.5 Å². The van der Waals surface area contributed by atoms with Crippen molar-refractivity contribution >= 4 is 28.6 Å². The first kappa shape index (κ1) is 18.1. The molecule has 2 aromatic carbocycles. The molecule has 4 rings (SSSR count). The molecular weight excluding hydrogens is 360 g/mol. The summed E-state index contributed by atoms with van der Waals surface area (Å²) in [6.45, 7) is 0. The van der Waals surface area contributed by atoms with E-state index >= 15 is 0 Å². The van der Waals surface area contributed by atoms with Crippen LogP contribution in [0.25, 0.3) is 11.1 Å². The number of benzene rings is 2. The molecule has 4 nitrogen and oxygen atoms in total. The van der Waals surface area contributed by atoms with E-state index in [1.54, 1.807) is 6.07 Å². The first-order chi connectivity index (χ1) is 13.2. The summed E-state index contributed by atoms with van der Waals surface area (Å²) in [7, 11) is 0. The Kier molecular flexibility index (Phi) is 5.44. The lowest BCUT2D eigenvalue weighted by atomic mass is 10.1. The zero-order valence-corrected chi connectivity index (χ0v) is 16.0. The standard InChI is InChI=1S/C22H23ClN2O2/c23-17-7-5-6-15(12-17)13-21-25-19-11-10-16(14-20(19)27-21)22(26)24-18-8-3-1-2-4-9-18/h5-7,10-12,14,18H,1-4,8-9,13H2,(H,24,26). The van der Waals surface area contributed by atoms with Gasteiger partial charge in [-0.05, 0) is 48.7 Å². The van der Waals surface area contributed by atoms with Crippen molar-refractivity contribution in [2.24, 2.45) is 0 Å². The van der Waals surface area contributed by atoms with Crippen molar-refractivity contribution in [3.63, 3.8) is 0 Å². The number of oxazole rings is 1. The van der Waals surface area contributed by atoms with E-state index in [1.165, 1.54) is 25.7 Å². The van der Waals surface area contributed by atoms with E-state index in [2.05, 4.69) is 10.3 Å². The summed E-state index contributed by atoms with van der Waals surface area (Å²) >= 11 is 6.04. The first-order valence-electron chi connectivity index (χ1n) is 9.62. The molecule has 1 aliphatic carbocycles. The molecular formula is C22H23ClN2O2. The number of carbonyl (C=O) groups excluding carboxylic acids is 1. The largest absolute Gasteiger partial charge is 0.440 e. The smallest absolute Gasteiger partial charge is 0.251 e. The Labute approximate surface area is 163 Å². The van der Waals surface area contributed by atoms with Crippen LogP contribution in [0, 0.1) is 0 Å². The van der Waals surface area contributed by atoms with E-state index in [-0.39, 0.29) is 11.9 Å². The van der Waals surface area contributed by atoms with Crippen LogP contribution in [0.15, 0.2) is 46.9 Å². The SMILES string of the molecule is O=C(NC1CCCCCC1)c1ccc2nc(Cc3cccc(Cl)c3)oc2c1. The minimum absolute atomic E-state index is 0.0309. The second-order valence-corrected chi connectivity index (χ2v) is 7.70. The zero-order chi connectivity index (χ0) is 18.6. The number of amides is 1. The molecule has 1 amide bonds. The van der Waals surface area contributed by atoms with Crippen LogP contribution >= 0.6 is 11.6 Å². The molecule has 140 valence electrons. The van der Waals surface area contributed by atoms with Gasteiger partial charge in [0.2, 0.25) is 0 Å². The number of rotatable bonds is 4. The van der Waals surface area contributed by atoms with Crippen LogP contribution in [0.1, 0.15) is 60.3 Å². The lowest BCUT2D eigenvalue weighted by Crippen LogP contribution is -2.34. The number of carbonyl (C=O) groups is 1. The summed E-state index contributed by atoms with van der Waals surface area (Å²) in [5, 5.41) is 3.87. The number of hydrogen-bond acceptors (Lipinski definition) is 3. The topological polar surface area (TPSA) is 55.1 Å². The van der Waals surface area contributed by atoms with Gasteiger partial charge >= 0.3 is 0 Å². The predicted octanol–water partition coefficient (Wildman–Crippen LogP) is 5.52. The minimum atomic E-state index is -0.0309. The van der Waals surface area contributed by atoms with E-state index < -0.39 is 0 Å². The average molecular weight is 383 g/mol. The van der Waals surface area contributed by atoms with Crippen molar-refractivity contribution in [1.82, 2.24) is 10.3 Å². The third-order valence-corrected chi connectivity index (χ3v) is 5.36. The zero-order valence-electron chi connectivity index (χ0n) is 15.2. The summed E-state index contributed by atoms with van der Waals surface area (Å²) in [5.41, 5.74) is 3.07. The number of fused-ring (bicyclic) bond motifs is 1. The molecule has 1 N–H and O–H groups in total. The molecule has 0 aliphatic heterocycles. The van der Waals surface area contributed by atoms with Gasteiger partial charge in [-0.15, -0.1) is 0 Å². The van der Waals surface area contributed by atoms with Gasteiger partial charge in [-0.25, -0.2) is 4.98 Å². The fourth-order valence-electron chi connectivity index (χ4n) is 3.70. The third-order valence-electron chi connectivity index (χ3n) is 5.13. The third kappa shape index (κ3) is 4.51. The van der Waals surface area contributed by atoms with Crippen LogP contribution in [0.4, 0.5) is 0 Å². The number of hydrogen-bond donors (Lipinski definition) is 1. The van der Waals surface area contributed by atoms with Crippen LogP contribution < -0.4 is 5.32 Å². The van der Waals surface area contributed by atoms with E-state index in [0.717, 1.165) is 23.9 Å². The Morgan fingerprint density at radius 3 is 2.70 bits per heavy atom. The van der Waals surface area contributed by atoms with Crippen molar-refractivity contribution in [3.8, 4) is 0 Å². The molecule has 1 heterocycles. The quantitative estimate of drug-likeness (QED) is 0.604. The van der Waals surface area contributed by atoms with Crippen LogP contribution in [0.3, 0.4) is 0 Å². The van der Waals surface area contributed by atoms with E-state index in [0.29, 0.717) is 28.5 Å². The van der Waals surface area contributed by atoms with Gasteiger partial charge in [0.1, 0.15) is 5.52 Å². The number of halogens is 1. The molecule has 3 aromatic rings. The number of aromatic nitrogens is 1. The summed E-state index contributed by atoms with van der Waals surface area (Å²) in [5.74, 6) is 0.588. The second kappa shape index (κ2) is 8.13. The van der Waals surface area contributed by atoms with Crippen molar-refractivity contribution in [2.45, 2.75) is 51.0 Å². The normalized spacial score (nSPS) is 15.6. The molecule has 0 unspecified atom stereocenters. The maximum Gasteiger partial charge on any atom is 0.251 e. The van der Waals surface area contributed by atoms with E-state index in [9.17, 15) is 4.79 Å². The Morgan fingerprint density at radius 2 is 1.93 bits per heavy atom. The Morgan fingerprint density at radius 1 is 1.11 bits per heavy atom. The summed E-state index contributed by atoms with van der Waals surface area (Å²) in [6, 6.07) is 13.4. The average Bonchev–Trinajstić information content (AvgIpc) is 2.87. The molecule has 0 saturated heterocycles. The second-order valence-electron chi connectivity index (χ2n) is 7.26. The molecule has 1 fully saturated rings. The molecule has 0 atom stereocenters. The van der Waals surface area contributed by atoms with E-state index in [4.69, 9.17) is 16.0 Å². The number of nitrogens with one attached hydrogen (secondary N) is 1. The van der Waals surface area contributed by atoms with Gasteiger partial charge in [0.05, 0.1) is 0 Å². The maximum absolute atomic E-state index is 12.6. The highest BCUT2D eigenvalue weighted by Crippen LogP contribution is 2.22. The summed E-state index contributed by atoms with van der Waals surface area (Å²) in [4.78, 5) is 17.1. The van der Waals surface area contributed by atoms with Gasteiger partial charge in [0, 0.05) is 23.0 Å². The molecule has 1 saturated carbocycles. The fraction of sp³-hybridized carbons (Fsp3) is 0.364. The monoisotopic (exact) mass is 382 g/mol. The molecule has 1 aromatic heterocycles. The molecule has 0 radical (unpaired) electrons. The van der Waals surface area contributed by atoms with Gasteiger partial charge in [-0.1, -0.05) is 49.4 Å². The highest BCUT2D eigenvalue weighted by Gasteiger charge is 2.17. The first-order valence-corrected chi connectivity index (χ1v) is 10.00. The Bertz CT molecular complexity index is 942. The Balaban J connectivity index is 1.49. The van der Waals surface area contributed by atoms with E-state index in [1.807, 2.05) is 36.4 Å². The van der Waals surface area contributed by atoms with Crippen LogP contribution in [-0.4, -0.2) is 16.9 Å². The van der Waals surface area contributed by atoms with Gasteiger partial charge in [-0.3, -0.25) is 4.79 Å². The molecule has 0 bridgehead atoms. The Hall–Kier alpha value is -2.33. The lowest BCUT2D eigenvalue weighted by molar-refractivity contribution is 0.0933. The predicted molar refractivity (Wildman–Crippen MR) is 107 cm³/mol. The van der Waals surface area contributed by atoms with Crippen LogP contribution in [0.5, 0.6) is 0 Å². The van der Waals surface area contributed by atoms with Gasteiger partial charge in [0.15, 0.2) is 11.5 Å². The molecule has 1 aliphatic rings. The van der Waals surface area contributed by atoms with Gasteiger partial charge in [-0.2, -0.15) is 0 Å². The van der Waals surface area contributed by atoms with Crippen molar-refractivity contribution in [2.75, 3.05) is 0 Å². The van der Waals surface area contributed by atoms with Gasteiger partial charge < -0.3 is 9.73 Å². The minimum Gasteiger partial charge on any atom is -0.440 e. The molecule has 27 heavy (non-hydrogen) atoms. The summed E-state index contributed by atoms with van der Waals surface area (Å²) in [6.07, 6.45) is 7.63. The fourth-order valence-corrected chi connectivity index (χ4v) is 3.92. The lowest BCUT2D eigenvalue weighted by Gasteiger charge is -2.16. The van der Waals surface area contributed by atoms with Crippen molar-refractivity contribution in [1.29, 1.82) is 0 Å². The van der Waals surface area contributed by atoms with Crippen LogP contribution in [0.2, 0.25) is 5.02 Å². The van der Waals surface area contributed by atoms with Crippen LogP contribution in [-0.2, 0) is 6.42 Å². The highest BCUT2D eigenvalue weighted by molar-refractivity contribution is 6.30. The maximum atomic E-state index is 12.6. The highest BCUT2D eigenvalue weighted by atomic mass is 35.5. The van der Waals surface area contributed by atoms with Crippen molar-refractivity contribution < 1.29 is 9.21 Å². The number of nitrogens with zero attached hydrogens (tertiary/aromatic N) is 1. The molecule has 0 spiro atoms. The molecule has 5 heteroatoms. The van der Waals surface area contributed by atoms with Gasteiger partial charge in [0.25, 0.3) is 5.91 Å². The summed E-state index contributed by atoms with van der Waals surface area (Å²) < 4.78 is 5.88.